The molecule has 0 radical (unpaired) electrons. The number of carbonyl (C=O) groups excluding carboxylic acids is 2. The molecule has 0 aliphatic rings. The van der Waals surface area contributed by atoms with Crippen molar-refractivity contribution in [2.24, 2.45) is 0 Å². The quantitative estimate of drug-likeness (QED) is 0.367. The van der Waals surface area contributed by atoms with Crippen molar-refractivity contribution >= 4 is 63.3 Å². The van der Waals surface area contributed by atoms with E-state index in [4.69, 9.17) is 32.7 Å². The second-order valence-electron chi connectivity index (χ2n) is 7.67. The van der Waals surface area contributed by atoms with Crippen LogP contribution in [0.1, 0.15) is 40.1 Å². The molecule has 0 aliphatic carbocycles. The van der Waals surface area contributed by atoms with Crippen molar-refractivity contribution in [1.82, 2.24) is 5.32 Å². The van der Waals surface area contributed by atoms with Crippen molar-refractivity contribution in [3.05, 3.63) is 67.2 Å². The van der Waals surface area contributed by atoms with Crippen molar-refractivity contribution < 1.29 is 19.1 Å². The van der Waals surface area contributed by atoms with E-state index in [0.717, 1.165) is 5.56 Å². The van der Waals surface area contributed by atoms with Crippen LogP contribution in [0.3, 0.4) is 0 Å². The van der Waals surface area contributed by atoms with Gasteiger partial charge in [0.05, 0.1) is 23.3 Å². The average molecular weight is 591 g/mol. The molecule has 0 fully saturated rings. The fraction of sp³-hybridized carbons (Fsp3) is 0.304. The number of halogens is 3. The van der Waals surface area contributed by atoms with Crippen LogP contribution in [0.2, 0.25) is 0 Å². The molecule has 2 rings (SSSR count). The second-order valence-corrected chi connectivity index (χ2v) is 9.84. The zero-order valence-corrected chi connectivity index (χ0v) is 21.9. The van der Waals surface area contributed by atoms with Crippen LogP contribution in [0, 0.1) is 10.5 Å². The maximum absolute atomic E-state index is 13.0. The zero-order chi connectivity index (χ0) is 23.9. The summed E-state index contributed by atoms with van der Waals surface area (Å²) in [6.07, 6.45) is 1.54. The molecule has 172 valence electrons. The lowest BCUT2D eigenvalue weighted by Gasteiger charge is -2.26. The van der Waals surface area contributed by atoms with Gasteiger partial charge >= 0.3 is 0 Å². The highest BCUT2D eigenvalue weighted by Gasteiger charge is 2.26. The van der Waals surface area contributed by atoms with E-state index in [1.807, 2.05) is 20.8 Å². The predicted molar refractivity (Wildman–Crippen MR) is 137 cm³/mol. The SMILES string of the molecule is COCC(C)(C)NC(=O)c1c(I)cccc1C(=O)Nc1ccc(OCC=C(Cl)Cl)c(C)c1. The molecule has 6 nitrogen and oxygen atoms in total. The maximum atomic E-state index is 13.0. The maximum Gasteiger partial charge on any atom is 0.256 e. The summed E-state index contributed by atoms with van der Waals surface area (Å²) >= 11 is 13.2. The van der Waals surface area contributed by atoms with Gasteiger partial charge in [-0.15, -0.1) is 0 Å². The first kappa shape index (κ1) is 26.4. The Morgan fingerprint density at radius 3 is 2.50 bits per heavy atom. The molecule has 0 atom stereocenters. The molecule has 2 amide bonds. The third-order valence-electron chi connectivity index (χ3n) is 4.35. The van der Waals surface area contributed by atoms with Gasteiger partial charge in [-0.05, 0) is 85.3 Å². The Morgan fingerprint density at radius 1 is 1.16 bits per heavy atom. The van der Waals surface area contributed by atoms with Gasteiger partial charge in [0.15, 0.2) is 0 Å². The number of nitrogens with one attached hydrogen (secondary N) is 2. The lowest BCUT2D eigenvalue weighted by Crippen LogP contribution is -2.47. The van der Waals surface area contributed by atoms with E-state index >= 15 is 0 Å². The molecule has 0 unspecified atom stereocenters. The normalized spacial score (nSPS) is 11.0. The minimum absolute atomic E-state index is 0.134. The van der Waals surface area contributed by atoms with E-state index < -0.39 is 5.54 Å². The van der Waals surface area contributed by atoms with Gasteiger partial charge in [0.1, 0.15) is 16.8 Å². The smallest absolute Gasteiger partial charge is 0.256 e. The number of aryl methyl sites for hydroxylation is 1. The molecule has 0 aromatic heterocycles. The third-order valence-corrected chi connectivity index (χ3v) is 5.56. The lowest BCUT2D eigenvalue weighted by molar-refractivity contribution is 0.0814. The van der Waals surface area contributed by atoms with Crippen LogP contribution in [0.15, 0.2) is 47.0 Å². The number of hydrogen-bond acceptors (Lipinski definition) is 4. The van der Waals surface area contributed by atoms with Crippen LogP contribution in [0.25, 0.3) is 0 Å². The Labute approximate surface area is 211 Å². The number of carbonyl (C=O) groups is 2. The molecule has 0 aliphatic heterocycles. The summed E-state index contributed by atoms with van der Waals surface area (Å²) in [6, 6.07) is 10.4. The minimum atomic E-state index is -0.589. The van der Waals surface area contributed by atoms with Crippen LogP contribution >= 0.6 is 45.8 Å². The monoisotopic (exact) mass is 590 g/mol. The Hall–Kier alpha value is -1.81. The van der Waals surface area contributed by atoms with Gasteiger partial charge in [0.2, 0.25) is 0 Å². The topological polar surface area (TPSA) is 76.7 Å². The Kier molecular flexibility index (Phi) is 9.82. The summed E-state index contributed by atoms with van der Waals surface area (Å²) in [5.74, 6) is -0.0835. The van der Waals surface area contributed by atoms with Crippen molar-refractivity contribution in [1.29, 1.82) is 0 Å². The molecule has 2 aromatic rings. The molecular weight excluding hydrogens is 566 g/mol. The number of ether oxygens (including phenoxy) is 2. The highest BCUT2D eigenvalue weighted by Crippen LogP contribution is 2.24. The van der Waals surface area contributed by atoms with Crippen molar-refractivity contribution in [2.75, 3.05) is 25.6 Å². The molecule has 0 spiro atoms. The highest BCUT2D eigenvalue weighted by molar-refractivity contribution is 14.1. The van der Waals surface area contributed by atoms with Gasteiger partial charge in [-0.1, -0.05) is 29.3 Å². The number of methoxy groups -OCH3 is 1. The van der Waals surface area contributed by atoms with Crippen LogP contribution in [0.4, 0.5) is 5.69 Å². The van der Waals surface area contributed by atoms with Gasteiger partial charge in [-0.3, -0.25) is 9.59 Å². The summed E-state index contributed by atoms with van der Waals surface area (Å²) in [5, 5.41) is 5.78. The first-order valence-corrected chi connectivity index (χ1v) is 11.5. The molecule has 0 heterocycles. The number of rotatable bonds is 9. The van der Waals surface area contributed by atoms with E-state index in [1.165, 1.54) is 6.08 Å². The van der Waals surface area contributed by atoms with Crippen molar-refractivity contribution in [3.8, 4) is 5.75 Å². The number of amides is 2. The van der Waals surface area contributed by atoms with E-state index in [1.54, 1.807) is 43.5 Å². The third kappa shape index (κ3) is 7.65. The first-order valence-electron chi connectivity index (χ1n) is 9.70. The Balaban J connectivity index is 2.22. The van der Waals surface area contributed by atoms with Gasteiger partial charge in [0.25, 0.3) is 11.8 Å². The summed E-state index contributed by atoms with van der Waals surface area (Å²) in [5.41, 5.74) is 1.41. The van der Waals surface area contributed by atoms with E-state index in [-0.39, 0.29) is 28.5 Å². The molecule has 0 bridgehead atoms. The summed E-state index contributed by atoms with van der Waals surface area (Å²) in [7, 11) is 1.57. The molecule has 2 aromatic carbocycles. The minimum Gasteiger partial charge on any atom is -0.489 e. The number of anilines is 1. The number of benzene rings is 2. The Morgan fingerprint density at radius 2 is 1.88 bits per heavy atom. The average Bonchev–Trinajstić information content (AvgIpc) is 2.68. The molecular formula is C23H25Cl2IN2O4. The van der Waals surface area contributed by atoms with E-state index in [0.29, 0.717) is 27.2 Å². The predicted octanol–water partition coefficient (Wildman–Crippen LogP) is 5.70. The van der Waals surface area contributed by atoms with Gasteiger partial charge in [-0.25, -0.2) is 0 Å². The van der Waals surface area contributed by atoms with E-state index in [9.17, 15) is 9.59 Å². The lowest BCUT2D eigenvalue weighted by atomic mass is 10.0. The van der Waals surface area contributed by atoms with Crippen molar-refractivity contribution in [3.63, 3.8) is 0 Å². The van der Waals surface area contributed by atoms with Gasteiger partial charge < -0.3 is 20.1 Å². The fourth-order valence-electron chi connectivity index (χ4n) is 2.99. The van der Waals surface area contributed by atoms with Crippen LogP contribution in [-0.2, 0) is 4.74 Å². The summed E-state index contributed by atoms with van der Waals surface area (Å²) in [4.78, 5) is 26.0. The highest BCUT2D eigenvalue weighted by atomic mass is 127. The molecule has 0 saturated heterocycles. The zero-order valence-electron chi connectivity index (χ0n) is 18.2. The standard InChI is InChI=1S/C23H25Cl2IN2O4/c1-14-12-15(8-9-18(14)32-11-10-19(24)25)27-21(29)16-6-5-7-17(26)20(16)22(30)28-23(2,3)13-31-4/h5-10,12H,11,13H2,1-4H3,(H,27,29)(H,28,30). The largest absolute Gasteiger partial charge is 0.489 e. The summed E-state index contributed by atoms with van der Waals surface area (Å²) in [6.45, 7) is 6.14. The van der Waals surface area contributed by atoms with Gasteiger partial charge in [0, 0.05) is 16.4 Å². The van der Waals surface area contributed by atoms with Crippen LogP contribution in [0.5, 0.6) is 5.75 Å². The second kappa shape index (κ2) is 11.9. The molecule has 9 heteroatoms. The van der Waals surface area contributed by atoms with Crippen LogP contribution < -0.4 is 15.4 Å². The first-order chi connectivity index (χ1) is 15.0. The van der Waals surface area contributed by atoms with Gasteiger partial charge in [-0.2, -0.15) is 0 Å². The Bertz CT molecular complexity index is 1020. The van der Waals surface area contributed by atoms with E-state index in [2.05, 4.69) is 33.2 Å². The molecule has 2 N–H and O–H groups in total. The fourth-order valence-corrected chi connectivity index (χ4v) is 3.86. The van der Waals surface area contributed by atoms with Crippen LogP contribution in [-0.4, -0.2) is 37.7 Å². The molecule has 32 heavy (non-hydrogen) atoms. The van der Waals surface area contributed by atoms with Crippen molar-refractivity contribution in [2.45, 2.75) is 26.3 Å². The summed E-state index contributed by atoms with van der Waals surface area (Å²) < 4.78 is 11.6. The number of hydrogen-bond donors (Lipinski definition) is 2. The molecule has 0 saturated carbocycles.